The van der Waals surface area contributed by atoms with Crippen LogP contribution in [-0.4, -0.2) is 23.9 Å². The van der Waals surface area contributed by atoms with Gasteiger partial charge in [0, 0.05) is 15.5 Å². The predicted octanol–water partition coefficient (Wildman–Crippen LogP) is 6.13. The normalized spacial score (nSPS) is 16.1. The van der Waals surface area contributed by atoms with Crippen LogP contribution < -0.4 is 5.32 Å². The molecule has 1 aliphatic rings. The maximum atomic E-state index is 12.6. The third-order valence-corrected chi connectivity index (χ3v) is 6.33. The summed E-state index contributed by atoms with van der Waals surface area (Å²) in [6.45, 7) is 4.17. The van der Waals surface area contributed by atoms with Crippen LogP contribution in [0.15, 0.2) is 53.1 Å². The lowest BCUT2D eigenvalue weighted by atomic mass is 9.96. The average Bonchev–Trinajstić information content (AvgIpc) is 3.35. The van der Waals surface area contributed by atoms with Gasteiger partial charge in [0.15, 0.2) is 5.76 Å². The smallest absolute Gasteiger partial charge is 0.291 e. The van der Waals surface area contributed by atoms with Gasteiger partial charge < -0.3 is 9.73 Å². The Bertz CT molecular complexity index is 928. The number of likely N-dealkylation sites (tertiary alicyclic amines) is 1. The number of anilines is 1. The molecule has 0 bridgehead atoms. The lowest BCUT2D eigenvalue weighted by Crippen LogP contribution is -2.34. The minimum absolute atomic E-state index is 0.0921. The SMILES string of the molecule is Cc1cc([C@H](c2ccc(Cl)cc2)N2CCCCC2)c(NC(=O)c2ccco2)s1. The molecule has 0 spiro atoms. The monoisotopic (exact) mass is 414 g/mol. The molecule has 0 radical (unpaired) electrons. The van der Waals surface area contributed by atoms with Crippen LogP contribution in [0.2, 0.25) is 5.02 Å². The molecule has 1 N–H and O–H groups in total. The van der Waals surface area contributed by atoms with E-state index >= 15 is 0 Å². The van der Waals surface area contributed by atoms with Crippen LogP contribution in [-0.2, 0) is 0 Å². The molecule has 3 aromatic rings. The predicted molar refractivity (Wildman–Crippen MR) is 114 cm³/mol. The van der Waals surface area contributed by atoms with Crippen molar-refractivity contribution in [2.45, 2.75) is 32.2 Å². The summed E-state index contributed by atoms with van der Waals surface area (Å²) in [5.41, 5.74) is 2.32. The standard InChI is InChI=1S/C22H23ClN2O2S/c1-15-14-18(22(28-15)24-21(26)19-6-5-13-27-19)20(25-11-3-2-4-12-25)16-7-9-17(23)10-8-16/h5-10,13-14,20H,2-4,11-12H2,1H3,(H,24,26)/t20-/m0/s1. The van der Waals surface area contributed by atoms with Crippen molar-refractivity contribution in [3.63, 3.8) is 0 Å². The number of thiophene rings is 1. The van der Waals surface area contributed by atoms with E-state index < -0.39 is 0 Å². The Morgan fingerprint density at radius 1 is 1.18 bits per heavy atom. The van der Waals surface area contributed by atoms with Gasteiger partial charge in [0.2, 0.25) is 0 Å². The molecule has 28 heavy (non-hydrogen) atoms. The number of carbonyl (C=O) groups excluding carboxylic acids is 1. The molecular weight excluding hydrogens is 392 g/mol. The van der Waals surface area contributed by atoms with Gasteiger partial charge in [0.25, 0.3) is 5.91 Å². The summed E-state index contributed by atoms with van der Waals surface area (Å²) in [5.74, 6) is 0.0969. The Morgan fingerprint density at radius 2 is 1.93 bits per heavy atom. The Labute approximate surface area is 174 Å². The fourth-order valence-corrected chi connectivity index (χ4v) is 4.88. The molecule has 0 unspecified atom stereocenters. The molecule has 0 saturated carbocycles. The van der Waals surface area contributed by atoms with Gasteiger partial charge in [-0.15, -0.1) is 11.3 Å². The van der Waals surface area contributed by atoms with Crippen LogP contribution >= 0.6 is 22.9 Å². The Hall–Kier alpha value is -2.08. The number of nitrogens with zero attached hydrogens (tertiary/aromatic N) is 1. The Morgan fingerprint density at radius 3 is 2.61 bits per heavy atom. The zero-order valence-electron chi connectivity index (χ0n) is 15.8. The van der Waals surface area contributed by atoms with E-state index in [-0.39, 0.29) is 11.9 Å². The summed E-state index contributed by atoms with van der Waals surface area (Å²) in [6.07, 6.45) is 5.18. The summed E-state index contributed by atoms with van der Waals surface area (Å²) >= 11 is 7.73. The van der Waals surface area contributed by atoms with Crippen LogP contribution in [0.3, 0.4) is 0 Å². The van der Waals surface area contributed by atoms with E-state index in [1.54, 1.807) is 23.5 Å². The molecule has 0 aliphatic carbocycles. The number of rotatable bonds is 5. The van der Waals surface area contributed by atoms with Crippen molar-refractivity contribution in [1.82, 2.24) is 4.90 Å². The van der Waals surface area contributed by atoms with Gasteiger partial charge in [-0.05, 0) is 68.8 Å². The molecule has 1 saturated heterocycles. The lowest BCUT2D eigenvalue weighted by Gasteiger charge is -2.35. The highest BCUT2D eigenvalue weighted by atomic mass is 35.5. The van der Waals surface area contributed by atoms with Gasteiger partial charge in [-0.1, -0.05) is 30.2 Å². The van der Waals surface area contributed by atoms with E-state index in [2.05, 4.69) is 35.3 Å². The van der Waals surface area contributed by atoms with Gasteiger partial charge in [-0.25, -0.2) is 0 Å². The number of amides is 1. The highest BCUT2D eigenvalue weighted by Crippen LogP contribution is 2.40. The number of hydrogen-bond donors (Lipinski definition) is 1. The average molecular weight is 415 g/mol. The first-order valence-electron chi connectivity index (χ1n) is 9.56. The van der Waals surface area contributed by atoms with E-state index in [0.717, 1.165) is 28.7 Å². The summed E-state index contributed by atoms with van der Waals surface area (Å²) < 4.78 is 5.26. The topological polar surface area (TPSA) is 45.5 Å². The molecule has 2 aromatic heterocycles. The van der Waals surface area contributed by atoms with Crippen LogP contribution in [0.25, 0.3) is 0 Å². The second-order valence-corrected chi connectivity index (χ2v) is 8.82. The zero-order chi connectivity index (χ0) is 19.5. The van der Waals surface area contributed by atoms with Crippen molar-refractivity contribution in [2.24, 2.45) is 0 Å². The van der Waals surface area contributed by atoms with Gasteiger partial charge in [-0.2, -0.15) is 0 Å². The fourth-order valence-electron chi connectivity index (χ4n) is 3.82. The van der Waals surface area contributed by atoms with Crippen LogP contribution in [0, 0.1) is 6.92 Å². The molecule has 1 amide bonds. The van der Waals surface area contributed by atoms with E-state index in [9.17, 15) is 4.79 Å². The fraction of sp³-hybridized carbons (Fsp3) is 0.318. The number of benzene rings is 1. The van der Waals surface area contributed by atoms with Crippen molar-refractivity contribution in [3.8, 4) is 0 Å². The lowest BCUT2D eigenvalue weighted by molar-refractivity contribution is 0.0996. The van der Waals surface area contributed by atoms with E-state index in [1.165, 1.54) is 36.0 Å². The number of carbonyl (C=O) groups is 1. The summed E-state index contributed by atoms with van der Waals surface area (Å²) in [6, 6.07) is 13.7. The van der Waals surface area contributed by atoms with Crippen molar-refractivity contribution in [2.75, 3.05) is 18.4 Å². The Kier molecular flexibility index (Phi) is 5.85. The molecule has 1 atom stereocenters. The van der Waals surface area contributed by atoms with Crippen LogP contribution in [0.5, 0.6) is 0 Å². The van der Waals surface area contributed by atoms with E-state index in [0.29, 0.717) is 5.76 Å². The van der Waals surface area contributed by atoms with Crippen molar-refractivity contribution in [3.05, 3.63) is 75.5 Å². The number of furan rings is 1. The molecule has 146 valence electrons. The third kappa shape index (κ3) is 4.17. The van der Waals surface area contributed by atoms with Crippen molar-refractivity contribution in [1.29, 1.82) is 0 Å². The zero-order valence-corrected chi connectivity index (χ0v) is 17.4. The quantitative estimate of drug-likeness (QED) is 0.546. The number of hydrogen-bond acceptors (Lipinski definition) is 4. The van der Waals surface area contributed by atoms with Gasteiger partial charge in [-0.3, -0.25) is 9.69 Å². The van der Waals surface area contributed by atoms with Gasteiger partial charge in [0.1, 0.15) is 5.00 Å². The van der Waals surface area contributed by atoms with Gasteiger partial charge >= 0.3 is 0 Å². The summed E-state index contributed by atoms with van der Waals surface area (Å²) in [5, 5.41) is 4.68. The summed E-state index contributed by atoms with van der Waals surface area (Å²) in [4.78, 5) is 16.3. The van der Waals surface area contributed by atoms with Crippen molar-refractivity contribution >= 4 is 33.8 Å². The maximum absolute atomic E-state index is 12.6. The maximum Gasteiger partial charge on any atom is 0.291 e. The first-order valence-corrected chi connectivity index (χ1v) is 10.8. The molecule has 3 heterocycles. The number of aryl methyl sites for hydroxylation is 1. The van der Waals surface area contributed by atoms with Crippen molar-refractivity contribution < 1.29 is 9.21 Å². The number of piperidine rings is 1. The minimum Gasteiger partial charge on any atom is -0.459 e. The first-order chi connectivity index (χ1) is 13.6. The largest absolute Gasteiger partial charge is 0.459 e. The van der Waals surface area contributed by atoms with E-state index in [1.807, 2.05) is 12.1 Å². The Balaban J connectivity index is 1.71. The minimum atomic E-state index is -0.221. The number of halogens is 1. The molecule has 6 heteroatoms. The first kappa shape index (κ1) is 19.2. The van der Waals surface area contributed by atoms with Crippen LogP contribution in [0.4, 0.5) is 5.00 Å². The molecule has 1 fully saturated rings. The van der Waals surface area contributed by atoms with E-state index in [4.69, 9.17) is 16.0 Å². The summed E-state index contributed by atoms with van der Waals surface area (Å²) in [7, 11) is 0. The molecule has 4 nitrogen and oxygen atoms in total. The number of nitrogens with one attached hydrogen (secondary N) is 1. The second kappa shape index (κ2) is 8.52. The molecule has 4 rings (SSSR count). The van der Waals surface area contributed by atoms with Gasteiger partial charge in [0.05, 0.1) is 12.3 Å². The third-order valence-electron chi connectivity index (χ3n) is 5.09. The molecule has 1 aromatic carbocycles. The molecule has 1 aliphatic heterocycles. The highest BCUT2D eigenvalue weighted by Gasteiger charge is 2.28. The molecular formula is C22H23ClN2O2S. The van der Waals surface area contributed by atoms with Crippen LogP contribution in [0.1, 0.15) is 51.9 Å². The second-order valence-electron chi connectivity index (χ2n) is 7.12. The highest BCUT2D eigenvalue weighted by molar-refractivity contribution is 7.16.